The smallest absolute Gasteiger partial charge is 0.191 e. The van der Waals surface area contributed by atoms with Crippen LogP contribution in [0.25, 0.3) is 0 Å². The summed E-state index contributed by atoms with van der Waals surface area (Å²) in [7, 11) is 0.516. The first-order valence-electron chi connectivity index (χ1n) is 10.2. The molecule has 0 spiro atoms. The van der Waals surface area contributed by atoms with Gasteiger partial charge in [-0.15, -0.1) is 24.0 Å². The minimum atomic E-state index is -2.95. The van der Waals surface area contributed by atoms with Gasteiger partial charge in [-0.1, -0.05) is 26.0 Å². The van der Waals surface area contributed by atoms with Gasteiger partial charge in [-0.2, -0.15) is 0 Å². The molecule has 9 heteroatoms. The average Bonchev–Trinajstić information content (AvgIpc) is 2.69. The zero-order valence-electron chi connectivity index (χ0n) is 18.8. The monoisotopic (exact) mass is 552 g/mol. The van der Waals surface area contributed by atoms with Crippen molar-refractivity contribution in [2.75, 3.05) is 50.7 Å². The third-order valence-corrected chi connectivity index (χ3v) is 6.24. The minimum Gasteiger partial charge on any atom is -0.495 e. The summed E-state index contributed by atoms with van der Waals surface area (Å²) in [5.74, 6) is 1.84. The number of halogens is 1. The van der Waals surface area contributed by atoms with Crippen molar-refractivity contribution in [2.45, 2.75) is 39.2 Å². The number of hydrogen-bond donors (Lipinski definition) is 2. The van der Waals surface area contributed by atoms with Gasteiger partial charge < -0.3 is 20.3 Å². The number of sulfone groups is 1. The maximum absolute atomic E-state index is 11.5. The molecule has 1 fully saturated rings. The molecule has 1 saturated heterocycles. The first-order valence-corrected chi connectivity index (χ1v) is 12.2. The van der Waals surface area contributed by atoms with Crippen molar-refractivity contribution in [1.29, 1.82) is 0 Å². The van der Waals surface area contributed by atoms with E-state index in [0.29, 0.717) is 13.0 Å². The van der Waals surface area contributed by atoms with Gasteiger partial charge in [0.2, 0.25) is 0 Å². The summed E-state index contributed by atoms with van der Waals surface area (Å²) in [5, 5.41) is 6.90. The quantitative estimate of drug-likeness (QED) is 0.293. The molecule has 0 bridgehead atoms. The lowest BCUT2D eigenvalue weighted by Crippen LogP contribution is -2.52. The van der Waals surface area contributed by atoms with Crippen LogP contribution in [0.4, 0.5) is 5.69 Å². The maximum atomic E-state index is 11.5. The number of benzene rings is 1. The summed E-state index contributed by atoms with van der Waals surface area (Å²) in [6.45, 7) is 6.68. The lowest BCUT2D eigenvalue weighted by atomic mass is 9.90. The number of ether oxygens (including phenoxy) is 1. The van der Waals surface area contributed by atoms with Crippen LogP contribution in [0.1, 0.15) is 33.1 Å². The summed E-state index contributed by atoms with van der Waals surface area (Å²) in [6, 6.07) is 8.39. The van der Waals surface area contributed by atoms with E-state index in [-0.39, 0.29) is 41.2 Å². The molecule has 1 atom stereocenters. The molecular formula is C21H37IN4O3S. The number of nitrogens with one attached hydrogen (secondary N) is 2. The van der Waals surface area contributed by atoms with Crippen LogP contribution >= 0.6 is 24.0 Å². The van der Waals surface area contributed by atoms with Crippen molar-refractivity contribution in [2.24, 2.45) is 10.4 Å². The Morgan fingerprint density at radius 2 is 2.03 bits per heavy atom. The predicted molar refractivity (Wildman–Crippen MR) is 136 cm³/mol. The Bertz CT molecular complexity index is 799. The number of hydrogen-bond acceptors (Lipinski definition) is 5. The molecule has 1 unspecified atom stereocenters. The van der Waals surface area contributed by atoms with Crippen LogP contribution in [0.2, 0.25) is 0 Å². The van der Waals surface area contributed by atoms with Crippen LogP contribution in [0.5, 0.6) is 5.75 Å². The Morgan fingerprint density at radius 1 is 1.33 bits per heavy atom. The zero-order chi connectivity index (χ0) is 21.5. The van der Waals surface area contributed by atoms with E-state index in [4.69, 9.17) is 4.74 Å². The highest BCUT2D eigenvalue weighted by molar-refractivity contribution is 14.0. The minimum absolute atomic E-state index is 0. The van der Waals surface area contributed by atoms with Crippen molar-refractivity contribution in [3.8, 4) is 5.75 Å². The van der Waals surface area contributed by atoms with Gasteiger partial charge >= 0.3 is 0 Å². The largest absolute Gasteiger partial charge is 0.495 e. The molecule has 1 aliphatic heterocycles. The van der Waals surface area contributed by atoms with Gasteiger partial charge in [0.25, 0.3) is 0 Å². The van der Waals surface area contributed by atoms with Gasteiger partial charge in [0.1, 0.15) is 15.6 Å². The number of piperidine rings is 1. The van der Waals surface area contributed by atoms with Gasteiger partial charge in [0.05, 0.1) is 18.6 Å². The number of nitrogens with zero attached hydrogens (tertiary/aromatic N) is 2. The van der Waals surface area contributed by atoms with Gasteiger partial charge in [-0.3, -0.25) is 4.99 Å². The van der Waals surface area contributed by atoms with Gasteiger partial charge in [0.15, 0.2) is 5.96 Å². The van der Waals surface area contributed by atoms with E-state index >= 15 is 0 Å². The first kappa shape index (κ1) is 26.8. The van der Waals surface area contributed by atoms with Crippen LogP contribution < -0.4 is 20.3 Å². The molecule has 1 aromatic rings. The first-order chi connectivity index (χ1) is 13.6. The van der Waals surface area contributed by atoms with E-state index in [9.17, 15) is 8.42 Å². The number of aliphatic imine (C=N–C) groups is 1. The van der Waals surface area contributed by atoms with Crippen molar-refractivity contribution in [3.63, 3.8) is 0 Å². The Hall–Kier alpha value is -1.23. The molecule has 0 aliphatic carbocycles. The highest BCUT2D eigenvalue weighted by atomic mass is 127. The fraction of sp³-hybridized carbons (Fsp3) is 0.667. The van der Waals surface area contributed by atoms with E-state index in [0.717, 1.165) is 43.3 Å². The average molecular weight is 553 g/mol. The summed E-state index contributed by atoms with van der Waals surface area (Å²) in [4.78, 5) is 6.71. The fourth-order valence-corrected chi connectivity index (χ4v) is 4.39. The van der Waals surface area contributed by atoms with Crippen LogP contribution in [-0.4, -0.2) is 66.2 Å². The molecule has 1 aromatic carbocycles. The summed E-state index contributed by atoms with van der Waals surface area (Å²) < 4.78 is 28.4. The summed E-state index contributed by atoms with van der Waals surface area (Å²) in [5.41, 5.74) is 0.975. The zero-order valence-corrected chi connectivity index (χ0v) is 21.9. The topological polar surface area (TPSA) is 83.0 Å². The lowest BCUT2D eigenvalue weighted by molar-refractivity contribution is 0.346. The predicted octanol–water partition coefficient (Wildman–Crippen LogP) is 2.91. The third-order valence-electron chi connectivity index (χ3n) is 5.30. The van der Waals surface area contributed by atoms with Gasteiger partial charge in [0, 0.05) is 39.0 Å². The molecule has 0 amide bonds. The molecule has 1 heterocycles. The summed E-state index contributed by atoms with van der Waals surface area (Å²) >= 11 is 0. The molecule has 1 aliphatic rings. The molecule has 0 saturated carbocycles. The van der Waals surface area contributed by atoms with E-state index in [2.05, 4.69) is 40.4 Å². The number of guanidine groups is 1. The molecular weight excluding hydrogens is 515 g/mol. The number of anilines is 1. The maximum Gasteiger partial charge on any atom is 0.191 e. The Morgan fingerprint density at radius 3 is 2.67 bits per heavy atom. The van der Waals surface area contributed by atoms with E-state index in [1.54, 1.807) is 14.2 Å². The highest BCUT2D eigenvalue weighted by Crippen LogP contribution is 2.29. The Labute approximate surface area is 199 Å². The molecule has 0 radical (unpaired) electrons. The Balaban J connectivity index is 0.00000450. The van der Waals surface area contributed by atoms with Crippen LogP contribution in [0, 0.1) is 5.41 Å². The second kappa shape index (κ2) is 12.0. The second-order valence-electron chi connectivity index (χ2n) is 8.57. The molecule has 7 nitrogen and oxygen atoms in total. The van der Waals surface area contributed by atoms with Crippen molar-refractivity contribution < 1.29 is 13.2 Å². The molecule has 0 aromatic heterocycles. The highest BCUT2D eigenvalue weighted by Gasteiger charge is 2.24. The van der Waals surface area contributed by atoms with Crippen LogP contribution in [-0.2, 0) is 9.84 Å². The Kier molecular flexibility index (Phi) is 10.7. The SMILES string of the molecule is CN=C(NCC(C)(C)CCS(C)(=O)=O)NC1CCCN(c2ccccc2OC)C1.I. The molecule has 172 valence electrons. The van der Waals surface area contributed by atoms with E-state index < -0.39 is 9.84 Å². The standard InChI is InChI=1S/C21H36N4O3S.HI/c1-21(2,12-14-29(5,26)27)16-23-20(22-3)24-17-9-8-13-25(15-17)18-10-6-7-11-19(18)28-4;/h6-7,10-11,17H,8-9,12-16H2,1-5H3,(H2,22,23,24);1H. The van der Waals surface area contributed by atoms with Crippen LogP contribution in [0.15, 0.2) is 29.3 Å². The number of methoxy groups -OCH3 is 1. The van der Waals surface area contributed by atoms with Crippen molar-refractivity contribution in [3.05, 3.63) is 24.3 Å². The molecule has 2 rings (SSSR count). The number of rotatable bonds is 8. The van der Waals surface area contributed by atoms with E-state index in [1.165, 1.54) is 6.26 Å². The number of para-hydroxylation sites is 2. The van der Waals surface area contributed by atoms with Gasteiger partial charge in [-0.25, -0.2) is 8.42 Å². The third kappa shape index (κ3) is 8.87. The van der Waals surface area contributed by atoms with Crippen molar-refractivity contribution >= 4 is 45.5 Å². The van der Waals surface area contributed by atoms with Crippen molar-refractivity contribution in [1.82, 2.24) is 10.6 Å². The normalized spacial score (nSPS) is 17.8. The fourth-order valence-electron chi connectivity index (χ4n) is 3.47. The molecule has 2 N–H and O–H groups in total. The lowest BCUT2D eigenvalue weighted by Gasteiger charge is -2.36. The van der Waals surface area contributed by atoms with E-state index in [1.807, 2.05) is 18.2 Å². The second-order valence-corrected chi connectivity index (χ2v) is 10.8. The van der Waals surface area contributed by atoms with Gasteiger partial charge in [-0.05, 0) is 36.8 Å². The molecule has 30 heavy (non-hydrogen) atoms. The summed E-state index contributed by atoms with van der Waals surface area (Å²) in [6.07, 6.45) is 4.06. The van der Waals surface area contributed by atoms with Crippen LogP contribution in [0.3, 0.4) is 0 Å².